The van der Waals surface area contributed by atoms with Crippen molar-refractivity contribution < 1.29 is 46.4 Å². The van der Waals surface area contributed by atoms with Crippen LogP contribution in [0.3, 0.4) is 0 Å². The van der Waals surface area contributed by atoms with Crippen molar-refractivity contribution in [2.75, 3.05) is 18.4 Å². The largest absolute Gasteiger partial charge is 0.320 e. The van der Waals surface area contributed by atoms with Gasteiger partial charge in [-0.15, -0.1) is 0 Å². The van der Waals surface area contributed by atoms with Crippen LogP contribution >= 0.6 is 0 Å². The molecule has 1 atom stereocenters. The number of nitrogens with zero attached hydrogens (tertiary/aromatic N) is 1. The molecule has 1 heterocycles. The Bertz CT molecular complexity index is 813. The van der Waals surface area contributed by atoms with Crippen LogP contribution in [0.15, 0.2) is 42.5 Å². The standard InChI is InChI=1S/C24H31FN2O.Y/c1-4-22(24(28)26-23-18(2)11-10-12-19(23)3)27(15-8-5-9-16-27)17-20-13-6-7-14-21(20)25;/h6-7,10-14,22H,4-5,8-9,15-17H2,1-3H3;/p+1. The van der Waals surface area contributed by atoms with E-state index >= 15 is 0 Å². The third-order valence-corrected chi connectivity index (χ3v) is 6.23. The van der Waals surface area contributed by atoms with Crippen molar-refractivity contribution in [3.63, 3.8) is 0 Å². The van der Waals surface area contributed by atoms with Crippen molar-refractivity contribution in [3.8, 4) is 0 Å². The van der Waals surface area contributed by atoms with Crippen LogP contribution in [0, 0.1) is 19.7 Å². The van der Waals surface area contributed by atoms with Crippen LogP contribution in [-0.4, -0.2) is 29.5 Å². The summed E-state index contributed by atoms with van der Waals surface area (Å²) < 4.78 is 15.1. The molecule has 3 nitrogen and oxygen atoms in total. The number of piperidine rings is 1. The van der Waals surface area contributed by atoms with Crippen LogP contribution in [-0.2, 0) is 44.0 Å². The van der Waals surface area contributed by atoms with Crippen molar-refractivity contribution in [1.29, 1.82) is 0 Å². The van der Waals surface area contributed by atoms with Gasteiger partial charge in [0.1, 0.15) is 12.4 Å². The number of anilines is 1. The molecule has 2 aromatic rings. The number of nitrogens with one attached hydrogen (secondary N) is 1. The third-order valence-electron chi connectivity index (χ3n) is 6.23. The minimum atomic E-state index is -0.182. The average molecular weight is 472 g/mol. The summed E-state index contributed by atoms with van der Waals surface area (Å²) in [4.78, 5) is 13.4. The first-order valence-electron chi connectivity index (χ1n) is 10.4. The summed E-state index contributed by atoms with van der Waals surface area (Å²) in [5, 5.41) is 3.20. The molecule has 1 amide bonds. The van der Waals surface area contributed by atoms with E-state index in [1.165, 1.54) is 12.5 Å². The molecule has 1 N–H and O–H groups in total. The van der Waals surface area contributed by atoms with Crippen molar-refractivity contribution in [2.45, 2.75) is 59.0 Å². The summed E-state index contributed by atoms with van der Waals surface area (Å²) in [5.41, 5.74) is 3.76. The number of likely N-dealkylation sites (tertiary alicyclic amines) is 1. The summed E-state index contributed by atoms with van der Waals surface area (Å²) >= 11 is 0. The van der Waals surface area contributed by atoms with E-state index in [0.717, 1.165) is 49.2 Å². The Kier molecular flexibility index (Phi) is 8.99. The summed E-state index contributed by atoms with van der Waals surface area (Å²) in [6, 6.07) is 12.9. The zero-order valence-electron chi connectivity index (χ0n) is 17.9. The van der Waals surface area contributed by atoms with Crippen LogP contribution in [0.25, 0.3) is 0 Å². The van der Waals surface area contributed by atoms with Crippen LogP contribution in [0.1, 0.15) is 49.3 Å². The summed E-state index contributed by atoms with van der Waals surface area (Å²) in [7, 11) is 0. The minimum Gasteiger partial charge on any atom is -0.320 e. The van der Waals surface area contributed by atoms with Gasteiger partial charge in [0.25, 0.3) is 5.91 Å². The monoisotopic (exact) mass is 472 g/mol. The number of hydrogen-bond donors (Lipinski definition) is 1. The zero-order chi connectivity index (χ0) is 20.1. The number of carbonyl (C=O) groups excluding carboxylic acids is 1. The molecule has 2 aromatic carbocycles. The summed E-state index contributed by atoms with van der Waals surface area (Å²) in [6.07, 6.45) is 4.10. The average Bonchev–Trinajstić information content (AvgIpc) is 2.68. The number of aryl methyl sites for hydroxylation is 2. The van der Waals surface area contributed by atoms with Gasteiger partial charge in [0.2, 0.25) is 0 Å². The van der Waals surface area contributed by atoms with Crippen molar-refractivity contribution in [3.05, 3.63) is 65.0 Å². The van der Waals surface area contributed by atoms with Crippen molar-refractivity contribution >= 4 is 11.6 Å². The Morgan fingerprint density at radius 2 is 1.66 bits per heavy atom. The smallest absolute Gasteiger partial charge is 0.282 e. The third kappa shape index (κ3) is 5.54. The molecule has 29 heavy (non-hydrogen) atoms. The molecule has 1 saturated heterocycles. The van der Waals surface area contributed by atoms with Crippen LogP contribution < -0.4 is 5.32 Å². The van der Waals surface area contributed by atoms with Crippen LogP contribution in [0.4, 0.5) is 10.1 Å². The Morgan fingerprint density at radius 3 is 2.24 bits per heavy atom. The number of amides is 1. The maximum absolute atomic E-state index is 14.4. The molecule has 0 bridgehead atoms. The summed E-state index contributed by atoms with van der Waals surface area (Å²) in [5.74, 6) is -0.117. The maximum atomic E-state index is 14.4. The van der Waals surface area contributed by atoms with Gasteiger partial charge < -0.3 is 9.80 Å². The molecule has 0 saturated carbocycles. The number of rotatable bonds is 6. The van der Waals surface area contributed by atoms with Gasteiger partial charge in [-0.2, -0.15) is 0 Å². The molecule has 3 rings (SSSR count). The first kappa shape index (κ1) is 24.2. The molecule has 1 radical (unpaired) electrons. The summed E-state index contributed by atoms with van der Waals surface area (Å²) in [6.45, 7) is 8.54. The number of halogens is 1. The molecule has 0 aliphatic carbocycles. The number of quaternary nitrogens is 1. The van der Waals surface area contributed by atoms with E-state index in [1.807, 2.05) is 44.2 Å². The van der Waals surface area contributed by atoms with Gasteiger partial charge in [0.05, 0.1) is 13.1 Å². The number of carbonyl (C=O) groups is 1. The van der Waals surface area contributed by atoms with Gasteiger partial charge in [0.15, 0.2) is 6.04 Å². The van der Waals surface area contributed by atoms with E-state index in [9.17, 15) is 9.18 Å². The Morgan fingerprint density at radius 1 is 1.03 bits per heavy atom. The van der Waals surface area contributed by atoms with Gasteiger partial charge in [-0.3, -0.25) is 4.79 Å². The normalized spacial score (nSPS) is 16.6. The van der Waals surface area contributed by atoms with E-state index < -0.39 is 0 Å². The molecule has 1 aliphatic heterocycles. The van der Waals surface area contributed by atoms with Crippen LogP contribution in [0.5, 0.6) is 0 Å². The fraction of sp³-hybridized carbons (Fsp3) is 0.458. The predicted molar refractivity (Wildman–Crippen MR) is 113 cm³/mol. The predicted octanol–water partition coefficient (Wildman–Crippen LogP) is 5.36. The SMILES string of the molecule is CCC(C(=O)Nc1c(C)cccc1C)[N+]1(Cc2ccccc2F)CCCCC1.[Y]. The molecule has 0 spiro atoms. The molecule has 1 aliphatic rings. The van der Waals surface area contributed by atoms with E-state index in [-0.39, 0.29) is 50.5 Å². The van der Waals surface area contributed by atoms with Gasteiger partial charge in [0, 0.05) is 50.4 Å². The van der Waals surface area contributed by atoms with Gasteiger partial charge >= 0.3 is 0 Å². The second-order valence-electron chi connectivity index (χ2n) is 8.16. The number of para-hydroxylation sites is 1. The topological polar surface area (TPSA) is 29.1 Å². The molecular weight excluding hydrogens is 440 g/mol. The maximum Gasteiger partial charge on any atom is 0.282 e. The van der Waals surface area contributed by atoms with Gasteiger partial charge in [-0.05, 0) is 50.3 Å². The first-order valence-corrected chi connectivity index (χ1v) is 10.4. The molecule has 153 valence electrons. The fourth-order valence-electron chi connectivity index (χ4n) is 4.73. The Balaban J connectivity index is 0.00000300. The molecular formula is C24H32FN2OY+. The van der Waals surface area contributed by atoms with E-state index in [4.69, 9.17) is 0 Å². The van der Waals surface area contributed by atoms with Crippen LogP contribution in [0.2, 0.25) is 0 Å². The molecule has 1 fully saturated rings. The van der Waals surface area contributed by atoms with Gasteiger partial charge in [-0.25, -0.2) is 4.39 Å². The van der Waals surface area contributed by atoms with E-state index in [0.29, 0.717) is 16.6 Å². The fourth-order valence-corrected chi connectivity index (χ4v) is 4.73. The number of hydrogen-bond acceptors (Lipinski definition) is 1. The first-order chi connectivity index (χ1) is 13.5. The molecule has 5 heteroatoms. The zero-order valence-corrected chi connectivity index (χ0v) is 20.7. The molecule has 0 aromatic heterocycles. The van der Waals surface area contributed by atoms with Crippen molar-refractivity contribution in [1.82, 2.24) is 0 Å². The second kappa shape index (κ2) is 10.8. The Labute approximate surface area is 199 Å². The Hall–Kier alpha value is -1.10. The van der Waals surface area contributed by atoms with E-state index in [2.05, 4.69) is 12.2 Å². The van der Waals surface area contributed by atoms with E-state index in [1.54, 1.807) is 6.07 Å². The molecule has 1 unspecified atom stereocenters. The second-order valence-corrected chi connectivity index (χ2v) is 8.16. The van der Waals surface area contributed by atoms with Gasteiger partial charge in [-0.1, -0.05) is 43.3 Å². The van der Waals surface area contributed by atoms with Crippen molar-refractivity contribution in [2.24, 2.45) is 0 Å². The minimum absolute atomic E-state index is 0. The number of benzene rings is 2. The quantitative estimate of drug-likeness (QED) is 0.564.